The summed E-state index contributed by atoms with van der Waals surface area (Å²) < 4.78 is 12.6. The lowest BCUT2D eigenvalue weighted by molar-refractivity contribution is -0.113. The zero-order chi connectivity index (χ0) is 24.4. The normalized spacial score (nSPS) is 12.5. The zero-order valence-electron chi connectivity index (χ0n) is 19.4. The SMILES string of the molecule is COC(=O)c1c(NC(=O)CSc2nnc(COc3cc(C)c(Cl)c(C)c3)n2C)sc2c1CCC2. The molecule has 0 aliphatic heterocycles. The zero-order valence-corrected chi connectivity index (χ0v) is 21.7. The standard InChI is InChI=1S/C23H25ClN4O4S2/c1-12-8-14(9-13(2)20(12)24)32-10-17-26-27-23(28(17)3)33-11-18(29)25-21-19(22(30)31-4)15-6-5-7-16(15)34-21/h8-9H,5-7,10-11H2,1-4H3,(H,25,29). The average Bonchev–Trinajstić information content (AvgIpc) is 3.48. The third-order valence-corrected chi connectivity index (χ3v) is 8.42. The van der Waals surface area contributed by atoms with Gasteiger partial charge >= 0.3 is 5.97 Å². The number of carbonyl (C=O) groups is 2. The first-order valence-electron chi connectivity index (χ1n) is 10.7. The van der Waals surface area contributed by atoms with Crippen molar-refractivity contribution in [2.45, 2.75) is 44.9 Å². The van der Waals surface area contributed by atoms with Gasteiger partial charge in [0.1, 0.15) is 17.4 Å². The minimum Gasteiger partial charge on any atom is -0.486 e. The second-order valence-electron chi connectivity index (χ2n) is 8.01. The Morgan fingerprint density at radius 2 is 1.97 bits per heavy atom. The first kappa shape index (κ1) is 24.6. The summed E-state index contributed by atoms with van der Waals surface area (Å²) in [5.74, 6) is 0.844. The minimum absolute atomic E-state index is 0.131. The lowest BCUT2D eigenvalue weighted by atomic mass is 10.1. The largest absolute Gasteiger partial charge is 0.486 e. The summed E-state index contributed by atoms with van der Waals surface area (Å²) in [6.45, 7) is 4.10. The molecular formula is C23H25ClN4O4S2. The lowest BCUT2D eigenvalue weighted by Crippen LogP contribution is -2.16. The predicted molar refractivity (Wildman–Crippen MR) is 133 cm³/mol. The van der Waals surface area contributed by atoms with E-state index in [1.807, 2.05) is 33.0 Å². The quantitative estimate of drug-likeness (QED) is 0.339. The number of nitrogens with one attached hydrogen (secondary N) is 1. The molecule has 8 nitrogen and oxygen atoms in total. The number of methoxy groups -OCH3 is 1. The Kier molecular flexibility index (Phi) is 7.49. The molecule has 1 aromatic carbocycles. The smallest absolute Gasteiger partial charge is 0.341 e. The number of carbonyl (C=O) groups excluding carboxylic acids is 2. The van der Waals surface area contributed by atoms with E-state index in [-0.39, 0.29) is 18.3 Å². The fraction of sp³-hybridized carbons (Fsp3) is 0.391. The van der Waals surface area contributed by atoms with Crippen molar-refractivity contribution in [2.75, 3.05) is 18.2 Å². The number of thioether (sulfide) groups is 1. The number of hydrogen-bond acceptors (Lipinski definition) is 8. The summed E-state index contributed by atoms with van der Waals surface area (Å²) >= 11 is 8.94. The topological polar surface area (TPSA) is 95.3 Å². The number of halogens is 1. The summed E-state index contributed by atoms with van der Waals surface area (Å²) in [4.78, 5) is 26.0. The first-order chi connectivity index (χ1) is 16.3. The molecule has 3 aromatic rings. The Labute approximate surface area is 211 Å². The third kappa shape index (κ3) is 5.08. The van der Waals surface area contributed by atoms with E-state index in [9.17, 15) is 9.59 Å². The molecular weight excluding hydrogens is 496 g/mol. The molecule has 1 aliphatic carbocycles. The van der Waals surface area contributed by atoms with Crippen molar-refractivity contribution in [1.82, 2.24) is 14.8 Å². The average molecular weight is 521 g/mol. The van der Waals surface area contributed by atoms with Crippen LogP contribution in [0.5, 0.6) is 5.75 Å². The number of rotatable bonds is 8. The van der Waals surface area contributed by atoms with Crippen molar-refractivity contribution in [1.29, 1.82) is 0 Å². The molecule has 2 aromatic heterocycles. The van der Waals surface area contributed by atoms with Crippen LogP contribution in [-0.2, 0) is 36.0 Å². The Morgan fingerprint density at radius 3 is 2.68 bits per heavy atom. The van der Waals surface area contributed by atoms with Crippen LogP contribution in [0.15, 0.2) is 17.3 Å². The third-order valence-electron chi connectivity index (χ3n) is 5.60. The van der Waals surface area contributed by atoms with E-state index in [2.05, 4.69) is 15.5 Å². The van der Waals surface area contributed by atoms with Crippen LogP contribution in [0.25, 0.3) is 0 Å². The molecule has 0 saturated carbocycles. The molecule has 4 rings (SSSR count). The van der Waals surface area contributed by atoms with Crippen molar-refractivity contribution in [3.8, 4) is 5.75 Å². The highest BCUT2D eigenvalue weighted by atomic mass is 35.5. The van der Waals surface area contributed by atoms with Gasteiger partial charge in [-0.3, -0.25) is 4.79 Å². The number of aryl methyl sites for hydroxylation is 3. The predicted octanol–water partition coefficient (Wildman–Crippen LogP) is 4.73. The van der Waals surface area contributed by atoms with Gasteiger partial charge in [-0.2, -0.15) is 0 Å². The fourth-order valence-corrected chi connectivity index (χ4v) is 5.97. The Morgan fingerprint density at radius 1 is 1.24 bits per heavy atom. The highest BCUT2D eigenvalue weighted by Crippen LogP contribution is 2.39. The van der Waals surface area contributed by atoms with E-state index in [0.717, 1.165) is 45.9 Å². The highest BCUT2D eigenvalue weighted by molar-refractivity contribution is 7.99. The number of ether oxygens (including phenoxy) is 2. The molecule has 1 amide bonds. The van der Waals surface area contributed by atoms with Crippen LogP contribution in [0.3, 0.4) is 0 Å². The summed E-state index contributed by atoms with van der Waals surface area (Å²) in [7, 11) is 3.18. The van der Waals surface area contributed by atoms with Crippen LogP contribution >= 0.6 is 34.7 Å². The van der Waals surface area contributed by atoms with Crippen LogP contribution in [0, 0.1) is 13.8 Å². The van der Waals surface area contributed by atoms with E-state index in [0.29, 0.717) is 27.3 Å². The second-order valence-corrected chi connectivity index (χ2v) is 10.4. The first-order valence-corrected chi connectivity index (χ1v) is 12.9. The molecule has 1 N–H and O–H groups in total. The van der Waals surface area contributed by atoms with Crippen molar-refractivity contribution in [3.05, 3.63) is 50.1 Å². The number of hydrogen-bond donors (Lipinski definition) is 1. The van der Waals surface area contributed by atoms with E-state index >= 15 is 0 Å². The number of fused-ring (bicyclic) bond motifs is 1. The van der Waals surface area contributed by atoms with Gasteiger partial charge in [0.15, 0.2) is 11.0 Å². The van der Waals surface area contributed by atoms with Gasteiger partial charge in [0.2, 0.25) is 5.91 Å². The van der Waals surface area contributed by atoms with Crippen molar-refractivity contribution < 1.29 is 19.1 Å². The number of amides is 1. The Bertz CT molecular complexity index is 1230. The molecule has 0 atom stereocenters. The fourth-order valence-electron chi connectivity index (χ4n) is 3.84. The molecule has 0 radical (unpaired) electrons. The van der Waals surface area contributed by atoms with E-state index in [4.69, 9.17) is 21.1 Å². The molecule has 2 heterocycles. The van der Waals surface area contributed by atoms with Crippen molar-refractivity contribution in [2.24, 2.45) is 7.05 Å². The molecule has 11 heteroatoms. The number of aromatic nitrogens is 3. The van der Waals surface area contributed by atoms with Gasteiger partial charge in [0, 0.05) is 16.9 Å². The number of nitrogens with zero attached hydrogens (tertiary/aromatic N) is 3. The second kappa shape index (κ2) is 10.4. The van der Waals surface area contributed by atoms with Crippen LogP contribution in [0.1, 0.15) is 44.2 Å². The molecule has 0 saturated heterocycles. The summed E-state index contributed by atoms with van der Waals surface area (Å²) in [6, 6.07) is 3.77. The van der Waals surface area contributed by atoms with Crippen LogP contribution in [-0.4, -0.2) is 39.5 Å². The molecule has 0 bridgehead atoms. The maximum atomic E-state index is 12.6. The summed E-state index contributed by atoms with van der Waals surface area (Å²) in [6.07, 6.45) is 2.78. The Balaban J connectivity index is 1.36. The van der Waals surface area contributed by atoms with Crippen molar-refractivity contribution >= 4 is 51.6 Å². The van der Waals surface area contributed by atoms with E-state index in [1.54, 1.807) is 4.57 Å². The van der Waals surface area contributed by atoms with Gasteiger partial charge in [-0.25, -0.2) is 4.79 Å². The molecule has 180 valence electrons. The van der Waals surface area contributed by atoms with Gasteiger partial charge in [0.05, 0.1) is 18.4 Å². The minimum atomic E-state index is -0.411. The number of thiophene rings is 1. The molecule has 34 heavy (non-hydrogen) atoms. The van der Waals surface area contributed by atoms with E-state index < -0.39 is 5.97 Å². The van der Waals surface area contributed by atoms with E-state index in [1.165, 1.54) is 30.2 Å². The number of benzene rings is 1. The monoisotopic (exact) mass is 520 g/mol. The highest BCUT2D eigenvalue weighted by Gasteiger charge is 2.28. The molecule has 0 fully saturated rings. The number of anilines is 1. The summed E-state index contributed by atoms with van der Waals surface area (Å²) in [5.41, 5.74) is 3.39. The van der Waals surface area contributed by atoms with Gasteiger partial charge in [-0.05, 0) is 61.9 Å². The van der Waals surface area contributed by atoms with Gasteiger partial charge < -0.3 is 19.4 Å². The van der Waals surface area contributed by atoms with Gasteiger partial charge in [-0.1, -0.05) is 23.4 Å². The molecule has 0 spiro atoms. The molecule has 0 unspecified atom stereocenters. The molecule has 1 aliphatic rings. The van der Waals surface area contributed by atoms with Gasteiger partial charge in [-0.15, -0.1) is 21.5 Å². The van der Waals surface area contributed by atoms with Crippen LogP contribution in [0.4, 0.5) is 5.00 Å². The number of esters is 1. The van der Waals surface area contributed by atoms with Crippen molar-refractivity contribution in [3.63, 3.8) is 0 Å². The van der Waals surface area contributed by atoms with Gasteiger partial charge in [0.25, 0.3) is 0 Å². The summed E-state index contributed by atoms with van der Waals surface area (Å²) in [5, 5.41) is 13.1. The maximum Gasteiger partial charge on any atom is 0.341 e. The van der Waals surface area contributed by atoms with Crippen LogP contribution in [0.2, 0.25) is 5.02 Å². The maximum absolute atomic E-state index is 12.6. The van der Waals surface area contributed by atoms with Crippen LogP contribution < -0.4 is 10.1 Å². The lowest BCUT2D eigenvalue weighted by Gasteiger charge is -2.10. The Hall–Kier alpha value is -2.56.